The van der Waals surface area contributed by atoms with Gasteiger partial charge in [-0.25, -0.2) is 0 Å². The summed E-state index contributed by atoms with van der Waals surface area (Å²) in [6, 6.07) is 0. The SMILES string of the molecule is CN1C(=O)C2=CC3=CC4=CC=CC=C(C=C(C=C2C1=O)C3)C4. The van der Waals surface area contributed by atoms with Crippen LogP contribution in [0, 0.1) is 0 Å². The highest BCUT2D eigenvalue weighted by Gasteiger charge is 2.37. The lowest BCUT2D eigenvalue weighted by Gasteiger charge is -2.12. The zero-order valence-electron chi connectivity index (χ0n) is 12.3. The summed E-state index contributed by atoms with van der Waals surface area (Å²) in [5, 5.41) is 0. The Bertz CT molecular complexity index is 759. The van der Waals surface area contributed by atoms with E-state index in [2.05, 4.69) is 24.3 Å². The second-order valence-corrected chi connectivity index (χ2v) is 5.95. The van der Waals surface area contributed by atoms with E-state index in [1.54, 1.807) is 0 Å². The van der Waals surface area contributed by atoms with E-state index in [9.17, 15) is 9.59 Å². The third kappa shape index (κ3) is 1.98. The summed E-state index contributed by atoms with van der Waals surface area (Å²) in [5.41, 5.74) is 5.61. The van der Waals surface area contributed by atoms with Crippen LogP contribution in [0.25, 0.3) is 0 Å². The maximum Gasteiger partial charge on any atom is 0.261 e. The monoisotopic (exact) mass is 289 g/mol. The van der Waals surface area contributed by atoms with Crippen LogP contribution in [0.4, 0.5) is 0 Å². The zero-order chi connectivity index (χ0) is 15.3. The lowest BCUT2D eigenvalue weighted by atomic mass is 9.93. The first-order valence-corrected chi connectivity index (χ1v) is 7.35. The van der Waals surface area contributed by atoms with Crippen molar-refractivity contribution in [1.29, 1.82) is 0 Å². The molecule has 0 aromatic carbocycles. The second-order valence-electron chi connectivity index (χ2n) is 5.95. The molecule has 0 aromatic rings. The smallest absolute Gasteiger partial charge is 0.261 e. The van der Waals surface area contributed by atoms with Crippen molar-refractivity contribution in [2.45, 2.75) is 12.8 Å². The summed E-state index contributed by atoms with van der Waals surface area (Å²) in [5.74, 6) is -0.424. The summed E-state index contributed by atoms with van der Waals surface area (Å²) >= 11 is 0. The number of rotatable bonds is 0. The normalized spacial score (nSPS) is 23.0. The van der Waals surface area contributed by atoms with Gasteiger partial charge in [-0.2, -0.15) is 0 Å². The van der Waals surface area contributed by atoms with Crippen molar-refractivity contribution in [3.8, 4) is 0 Å². The molecule has 3 nitrogen and oxygen atoms in total. The second kappa shape index (κ2) is 4.67. The van der Waals surface area contributed by atoms with Gasteiger partial charge in [0.25, 0.3) is 11.8 Å². The van der Waals surface area contributed by atoms with Crippen molar-refractivity contribution >= 4 is 11.8 Å². The van der Waals surface area contributed by atoms with Crippen LogP contribution in [-0.4, -0.2) is 23.8 Å². The Hall–Kier alpha value is -2.68. The van der Waals surface area contributed by atoms with Crippen LogP contribution in [-0.2, 0) is 9.59 Å². The van der Waals surface area contributed by atoms with E-state index in [4.69, 9.17) is 0 Å². The number of fused-ring (bicyclic) bond motifs is 5. The molecule has 3 aliphatic carbocycles. The number of carbonyl (C=O) groups excluding carboxylic acids is 2. The molecule has 0 spiro atoms. The van der Waals surface area contributed by atoms with Gasteiger partial charge in [0.2, 0.25) is 0 Å². The first-order valence-electron chi connectivity index (χ1n) is 7.35. The maximum absolute atomic E-state index is 12.3. The minimum atomic E-state index is -0.212. The number of likely N-dealkylation sites (tertiary alicyclic amines) is 1. The minimum Gasteiger partial charge on any atom is -0.277 e. The van der Waals surface area contributed by atoms with Gasteiger partial charge in [0.1, 0.15) is 0 Å². The van der Waals surface area contributed by atoms with Crippen molar-refractivity contribution in [3.63, 3.8) is 0 Å². The number of carbonyl (C=O) groups is 2. The lowest BCUT2D eigenvalue weighted by molar-refractivity contribution is -0.134. The molecule has 0 radical (unpaired) electrons. The molecule has 3 heteroatoms. The summed E-state index contributed by atoms with van der Waals surface area (Å²) in [4.78, 5) is 25.7. The fraction of sp³-hybridized carbons (Fsp3) is 0.158. The largest absolute Gasteiger partial charge is 0.277 e. The highest BCUT2D eigenvalue weighted by molar-refractivity contribution is 6.24. The standard InChI is InChI=1S/C19H15NO2/c1-20-18(21)16-10-14-7-12-4-2-3-5-13(6-12)8-15(9-14)11-17(16)19(20)22/h2-5,7-8,10-11H,6,9H2,1H3. The van der Waals surface area contributed by atoms with Gasteiger partial charge in [-0.05, 0) is 47.3 Å². The molecular weight excluding hydrogens is 274 g/mol. The Balaban J connectivity index is 1.95. The molecule has 4 bridgehead atoms. The molecule has 108 valence electrons. The summed E-state index contributed by atoms with van der Waals surface area (Å²) in [7, 11) is 1.54. The van der Waals surface area contributed by atoms with E-state index in [1.807, 2.05) is 24.3 Å². The van der Waals surface area contributed by atoms with Crippen molar-refractivity contribution in [2.24, 2.45) is 0 Å². The van der Waals surface area contributed by atoms with Crippen molar-refractivity contribution < 1.29 is 9.59 Å². The molecule has 4 aliphatic rings. The van der Waals surface area contributed by atoms with Crippen LogP contribution in [0.5, 0.6) is 0 Å². The van der Waals surface area contributed by atoms with Gasteiger partial charge in [-0.15, -0.1) is 0 Å². The average Bonchev–Trinajstić information content (AvgIpc) is 2.75. The van der Waals surface area contributed by atoms with E-state index in [-0.39, 0.29) is 11.8 Å². The molecule has 22 heavy (non-hydrogen) atoms. The van der Waals surface area contributed by atoms with Gasteiger partial charge in [0, 0.05) is 7.05 Å². The number of hydrogen-bond acceptors (Lipinski definition) is 2. The average molecular weight is 289 g/mol. The van der Waals surface area contributed by atoms with Crippen LogP contribution in [0.1, 0.15) is 12.8 Å². The number of imide groups is 1. The van der Waals surface area contributed by atoms with E-state index in [0.717, 1.165) is 24.0 Å². The first kappa shape index (κ1) is 13.0. The third-order valence-electron chi connectivity index (χ3n) is 4.31. The highest BCUT2D eigenvalue weighted by atomic mass is 16.2. The molecule has 0 atom stereocenters. The minimum absolute atomic E-state index is 0.212. The summed E-state index contributed by atoms with van der Waals surface area (Å²) in [6.07, 6.45) is 17.9. The Morgan fingerprint density at radius 2 is 1.18 bits per heavy atom. The number of allylic oxidation sites excluding steroid dienone is 12. The molecule has 0 N–H and O–H groups in total. The molecule has 2 amide bonds. The topological polar surface area (TPSA) is 37.4 Å². The number of likely N-dealkylation sites (N-methyl/N-ethyl adjacent to an activating group) is 1. The molecule has 1 aliphatic heterocycles. The van der Waals surface area contributed by atoms with Crippen LogP contribution in [0.3, 0.4) is 0 Å². The molecule has 0 saturated carbocycles. The number of nitrogens with zero attached hydrogens (tertiary/aromatic N) is 1. The fourth-order valence-corrected chi connectivity index (χ4v) is 3.24. The zero-order valence-corrected chi connectivity index (χ0v) is 12.3. The quantitative estimate of drug-likeness (QED) is 0.643. The fourth-order valence-electron chi connectivity index (χ4n) is 3.24. The molecule has 4 rings (SSSR count). The molecule has 0 unspecified atom stereocenters. The van der Waals surface area contributed by atoms with Crippen molar-refractivity contribution in [3.05, 3.63) is 82.0 Å². The molecule has 1 heterocycles. The molecule has 1 fully saturated rings. The Morgan fingerprint density at radius 1 is 0.727 bits per heavy atom. The number of amides is 2. The predicted molar refractivity (Wildman–Crippen MR) is 84.6 cm³/mol. The first-order chi connectivity index (χ1) is 10.6. The van der Waals surface area contributed by atoms with Crippen molar-refractivity contribution in [2.75, 3.05) is 7.05 Å². The van der Waals surface area contributed by atoms with E-state index >= 15 is 0 Å². The van der Waals surface area contributed by atoms with Gasteiger partial charge in [0.15, 0.2) is 0 Å². The Morgan fingerprint density at radius 3 is 1.68 bits per heavy atom. The summed E-state index contributed by atoms with van der Waals surface area (Å²) < 4.78 is 0. The Labute approximate surface area is 129 Å². The van der Waals surface area contributed by atoms with Crippen LogP contribution >= 0.6 is 0 Å². The number of hydrogen-bond donors (Lipinski definition) is 0. The molecule has 0 aromatic heterocycles. The van der Waals surface area contributed by atoms with E-state index in [0.29, 0.717) is 11.1 Å². The maximum atomic E-state index is 12.3. The summed E-state index contributed by atoms with van der Waals surface area (Å²) in [6.45, 7) is 0. The van der Waals surface area contributed by atoms with Gasteiger partial charge in [0.05, 0.1) is 11.1 Å². The predicted octanol–water partition coefficient (Wildman–Crippen LogP) is 2.92. The van der Waals surface area contributed by atoms with Crippen LogP contribution in [0.15, 0.2) is 82.0 Å². The molecule has 1 saturated heterocycles. The van der Waals surface area contributed by atoms with Gasteiger partial charge in [-0.1, -0.05) is 36.5 Å². The molecular formula is C19H15NO2. The highest BCUT2D eigenvalue weighted by Crippen LogP contribution is 2.35. The van der Waals surface area contributed by atoms with E-state index < -0.39 is 0 Å². The van der Waals surface area contributed by atoms with Crippen LogP contribution in [0.2, 0.25) is 0 Å². The van der Waals surface area contributed by atoms with E-state index in [1.165, 1.54) is 23.1 Å². The van der Waals surface area contributed by atoms with Gasteiger partial charge < -0.3 is 0 Å². The van der Waals surface area contributed by atoms with Gasteiger partial charge in [-0.3, -0.25) is 14.5 Å². The third-order valence-corrected chi connectivity index (χ3v) is 4.31. The Kier molecular flexibility index (Phi) is 2.76. The van der Waals surface area contributed by atoms with Crippen LogP contribution < -0.4 is 0 Å². The van der Waals surface area contributed by atoms with Gasteiger partial charge >= 0.3 is 0 Å². The lowest BCUT2D eigenvalue weighted by Crippen LogP contribution is -2.24. The van der Waals surface area contributed by atoms with Crippen molar-refractivity contribution in [1.82, 2.24) is 4.90 Å².